The van der Waals surface area contributed by atoms with Crippen molar-refractivity contribution in [1.82, 2.24) is 14.7 Å². The van der Waals surface area contributed by atoms with Crippen molar-refractivity contribution in [2.24, 2.45) is 0 Å². The molecule has 2 heterocycles. The molecule has 2 saturated heterocycles. The van der Waals surface area contributed by atoms with Crippen LogP contribution in [0.1, 0.15) is 30.1 Å². The average Bonchev–Trinajstić information content (AvgIpc) is 2.82. The van der Waals surface area contributed by atoms with Gasteiger partial charge in [-0.3, -0.25) is 14.8 Å². The van der Waals surface area contributed by atoms with Crippen LogP contribution in [0.15, 0.2) is 24.3 Å². The number of hydroxylamine groups is 1. The molecule has 0 aliphatic carbocycles. The lowest BCUT2D eigenvalue weighted by atomic mass is 9.95. The summed E-state index contributed by atoms with van der Waals surface area (Å²) >= 11 is 0. The van der Waals surface area contributed by atoms with E-state index in [4.69, 9.17) is 4.74 Å². The van der Waals surface area contributed by atoms with E-state index in [0.29, 0.717) is 44.9 Å². The molecule has 0 spiro atoms. The zero-order valence-corrected chi connectivity index (χ0v) is 21.9. The number of likely N-dealkylation sites (tertiary alicyclic amines) is 1. The van der Waals surface area contributed by atoms with E-state index in [1.165, 1.54) is 11.2 Å². The van der Waals surface area contributed by atoms with Gasteiger partial charge in [-0.15, -0.1) is 24.8 Å². The Hall–Kier alpha value is -1.47. The van der Waals surface area contributed by atoms with Crippen molar-refractivity contribution in [1.29, 1.82) is 0 Å². The van der Waals surface area contributed by atoms with Gasteiger partial charge in [-0.25, -0.2) is 13.9 Å². The van der Waals surface area contributed by atoms with E-state index in [1.807, 2.05) is 12.1 Å². The molecular weight excluding hydrogens is 507 g/mol. The van der Waals surface area contributed by atoms with Gasteiger partial charge >= 0.3 is 0 Å². The van der Waals surface area contributed by atoms with E-state index in [9.17, 15) is 23.2 Å². The molecule has 2 aliphatic heterocycles. The van der Waals surface area contributed by atoms with Gasteiger partial charge in [0.1, 0.15) is 0 Å². The van der Waals surface area contributed by atoms with Crippen LogP contribution in [-0.4, -0.2) is 98.8 Å². The van der Waals surface area contributed by atoms with Crippen LogP contribution in [-0.2, 0) is 19.6 Å². The minimum atomic E-state index is -3.99. The van der Waals surface area contributed by atoms with Crippen molar-refractivity contribution in [3.8, 4) is 0 Å². The van der Waals surface area contributed by atoms with E-state index < -0.39 is 20.7 Å². The molecular formula is C21H34Cl2N4O6S. The Morgan fingerprint density at radius 2 is 1.59 bits per heavy atom. The number of nitrogens with zero attached hydrogens (tertiary/aromatic N) is 3. The number of Topliss-reactive ketones (excluding diaryl/α,β-unsaturated/α-hetero) is 1. The normalized spacial score (nSPS) is 19.0. The predicted molar refractivity (Wildman–Crippen MR) is 134 cm³/mol. The largest absolute Gasteiger partial charge is 0.383 e. The summed E-state index contributed by atoms with van der Waals surface area (Å²) in [6.45, 7) is 4.98. The first kappa shape index (κ1) is 30.6. The first-order chi connectivity index (χ1) is 15.2. The standard InChI is InChI=1S/C21H32N4O6S.2ClH/c1-17(26)18-3-5-19(6-4-18)24-11-13-25(14-12-24)32(29,30)21(20(27)22-28)7-9-23(10-8-21)15-16-31-2;;/h3-6,28H,7-16H2,1-2H3,(H,22,27);2*1H. The molecule has 3 rings (SSSR count). The van der Waals surface area contributed by atoms with Gasteiger partial charge in [0.05, 0.1) is 6.61 Å². The quantitative estimate of drug-likeness (QED) is 0.286. The van der Waals surface area contributed by atoms with Crippen molar-refractivity contribution in [3.05, 3.63) is 29.8 Å². The lowest BCUT2D eigenvalue weighted by Crippen LogP contribution is -2.63. The minimum absolute atomic E-state index is 0. The molecule has 0 saturated carbocycles. The van der Waals surface area contributed by atoms with Crippen LogP contribution in [0.25, 0.3) is 0 Å². The number of methoxy groups -OCH3 is 1. The number of sulfonamides is 1. The van der Waals surface area contributed by atoms with E-state index in [1.54, 1.807) is 24.7 Å². The highest BCUT2D eigenvalue weighted by molar-refractivity contribution is 7.91. The molecule has 2 aliphatic rings. The first-order valence-corrected chi connectivity index (χ1v) is 12.2. The summed E-state index contributed by atoms with van der Waals surface area (Å²) in [4.78, 5) is 28.2. The molecule has 13 heteroatoms. The van der Waals surface area contributed by atoms with Crippen LogP contribution in [0, 0.1) is 0 Å². The van der Waals surface area contributed by atoms with Gasteiger partial charge in [-0.2, -0.15) is 4.31 Å². The maximum Gasteiger partial charge on any atom is 0.266 e. The number of benzene rings is 1. The zero-order chi connectivity index (χ0) is 23.4. The third-order valence-electron chi connectivity index (χ3n) is 6.50. The number of amides is 1. The number of carbonyl (C=O) groups is 2. The molecule has 0 bridgehead atoms. The van der Waals surface area contributed by atoms with Gasteiger partial charge in [-0.1, -0.05) is 0 Å². The molecule has 34 heavy (non-hydrogen) atoms. The summed E-state index contributed by atoms with van der Waals surface area (Å²) in [6.07, 6.45) is 0.219. The zero-order valence-electron chi connectivity index (χ0n) is 19.4. The van der Waals surface area contributed by atoms with E-state index >= 15 is 0 Å². The second kappa shape index (κ2) is 13.0. The molecule has 0 unspecified atom stereocenters. The lowest BCUT2D eigenvalue weighted by Gasteiger charge is -2.44. The SMILES string of the molecule is COCCN1CCC(C(=O)NO)(S(=O)(=O)N2CCN(c3ccc(C(C)=O)cc3)CC2)CC1.Cl.Cl. The molecule has 1 aromatic rings. The molecule has 2 N–H and O–H groups in total. The van der Waals surface area contributed by atoms with Gasteiger partial charge in [0.2, 0.25) is 10.0 Å². The van der Waals surface area contributed by atoms with Crippen molar-refractivity contribution in [2.75, 3.05) is 64.4 Å². The van der Waals surface area contributed by atoms with E-state index in [2.05, 4.69) is 9.80 Å². The fraction of sp³-hybridized carbons (Fsp3) is 0.619. The molecule has 1 aromatic carbocycles. The van der Waals surface area contributed by atoms with Gasteiger partial charge < -0.3 is 14.5 Å². The highest BCUT2D eigenvalue weighted by atomic mass is 35.5. The first-order valence-electron chi connectivity index (χ1n) is 10.8. The number of nitrogens with one attached hydrogen (secondary N) is 1. The molecule has 1 amide bonds. The van der Waals surface area contributed by atoms with Crippen LogP contribution in [0.5, 0.6) is 0 Å². The second-order valence-electron chi connectivity index (χ2n) is 8.26. The maximum atomic E-state index is 13.6. The van der Waals surface area contributed by atoms with E-state index in [-0.39, 0.29) is 56.5 Å². The lowest BCUT2D eigenvalue weighted by molar-refractivity contribution is -0.133. The predicted octanol–water partition coefficient (Wildman–Crippen LogP) is 1.17. The van der Waals surface area contributed by atoms with Gasteiger partial charge in [0, 0.05) is 64.2 Å². The summed E-state index contributed by atoms with van der Waals surface area (Å²) in [5.74, 6) is -0.876. The summed E-state index contributed by atoms with van der Waals surface area (Å²) in [5, 5.41) is 9.33. The number of piperidine rings is 1. The smallest absolute Gasteiger partial charge is 0.266 e. The summed E-state index contributed by atoms with van der Waals surface area (Å²) in [6, 6.07) is 7.24. The number of halogens is 2. The number of ketones is 1. The summed E-state index contributed by atoms with van der Waals surface area (Å²) < 4.78 is 32.0. The third kappa shape index (κ3) is 6.20. The average molecular weight is 541 g/mol. The monoisotopic (exact) mass is 540 g/mol. The summed E-state index contributed by atoms with van der Waals surface area (Å²) in [7, 11) is -2.39. The van der Waals surface area contributed by atoms with Crippen LogP contribution in [0.3, 0.4) is 0 Å². The van der Waals surface area contributed by atoms with Crippen molar-refractivity contribution in [2.45, 2.75) is 24.5 Å². The van der Waals surface area contributed by atoms with Crippen molar-refractivity contribution < 1.29 is 28.0 Å². The van der Waals surface area contributed by atoms with Crippen molar-refractivity contribution in [3.63, 3.8) is 0 Å². The fourth-order valence-electron chi connectivity index (χ4n) is 4.40. The van der Waals surface area contributed by atoms with E-state index in [0.717, 1.165) is 5.69 Å². The Labute approximate surface area is 213 Å². The number of piperazine rings is 1. The van der Waals surface area contributed by atoms with Crippen LogP contribution < -0.4 is 10.4 Å². The van der Waals surface area contributed by atoms with Gasteiger partial charge in [0.25, 0.3) is 5.91 Å². The molecule has 0 aromatic heterocycles. The van der Waals surface area contributed by atoms with Crippen LogP contribution in [0.4, 0.5) is 5.69 Å². The topological polar surface area (TPSA) is 119 Å². The van der Waals surface area contributed by atoms with Crippen LogP contribution in [0.2, 0.25) is 0 Å². The number of carbonyl (C=O) groups excluding carboxylic acids is 2. The summed E-state index contributed by atoms with van der Waals surface area (Å²) in [5.41, 5.74) is 3.15. The van der Waals surface area contributed by atoms with Crippen molar-refractivity contribution >= 4 is 52.2 Å². The second-order valence-corrected chi connectivity index (χ2v) is 10.5. The number of anilines is 1. The molecule has 10 nitrogen and oxygen atoms in total. The Bertz CT molecular complexity index is 916. The maximum absolute atomic E-state index is 13.6. The van der Waals surface area contributed by atoms with Gasteiger partial charge in [-0.05, 0) is 44.0 Å². The third-order valence-corrected chi connectivity index (χ3v) is 9.13. The Morgan fingerprint density at radius 1 is 1.03 bits per heavy atom. The number of hydrogen-bond donors (Lipinski definition) is 2. The number of hydrogen-bond acceptors (Lipinski definition) is 8. The highest BCUT2D eigenvalue weighted by Gasteiger charge is 2.55. The molecule has 0 atom stereocenters. The minimum Gasteiger partial charge on any atom is -0.383 e. The Morgan fingerprint density at radius 3 is 2.06 bits per heavy atom. The Balaban J connectivity index is 0.00000289. The molecule has 0 radical (unpaired) electrons. The number of rotatable bonds is 8. The number of ether oxygens (including phenoxy) is 1. The van der Waals surface area contributed by atoms with Gasteiger partial charge in [0.15, 0.2) is 10.5 Å². The van der Waals surface area contributed by atoms with Crippen LogP contribution >= 0.6 is 24.8 Å². The Kier molecular flexibility index (Phi) is 11.7. The fourth-order valence-corrected chi connectivity index (χ4v) is 6.52. The highest BCUT2D eigenvalue weighted by Crippen LogP contribution is 2.34. The molecule has 2 fully saturated rings. The molecule has 194 valence electrons.